The summed E-state index contributed by atoms with van der Waals surface area (Å²) in [4.78, 5) is 12.5. The van der Waals surface area contributed by atoms with Crippen molar-refractivity contribution < 1.29 is 14.3 Å². The Balaban J connectivity index is 2.24. The normalized spacial score (nSPS) is 10.4. The van der Waals surface area contributed by atoms with E-state index < -0.39 is 0 Å². The van der Waals surface area contributed by atoms with Crippen LogP contribution in [0.25, 0.3) is 0 Å². The number of ether oxygens (including phenoxy) is 2. The van der Waals surface area contributed by atoms with E-state index >= 15 is 0 Å². The maximum absolute atomic E-state index is 12.5. The minimum atomic E-state index is -0.246. The number of methoxy groups -OCH3 is 1. The van der Waals surface area contributed by atoms with Crippen LogP contribution < -0.4 is 14.8 Å². The molecule has 2 aromatic carbocycles. The predicted molar refractivity (Wildman–Crippen MR) is 97.7 cm³/mol. The first kappa shape index (κ1) is 18.1. The second-order valence-corrected chi connectivity index (χ2v) is 6.01. The molecule has 0 saturated carbocycles. The van der Waals surface area contributed by atoms with Gasteiger partial charge < -0.3 is 14.8 Å². The highest BCUT2D eigenvalue weighted by atomic mass is 35.5. The Kier molecular flexibility index (Phi) is 6.10. The Hall–Kier alpha value is -2.20. The van der Waals surface area contributed by atoms with E-state index in [-0.39, 0.29) is 5.91 Å². The standard InChI is InChI=1S/C19H22ClNO3/c1-5-8-24-16-7-6-14(11-17(16)23-4)19(22)21-18-13(3)9-12(2)10-15(18)20/h6-7,9-11H,5,8H2,1-4H3,(H,21,22). The molecule has 0 aromatic heterocycles. The van der Waals surface area contributed by atoms with Crippen LogP contribution in [0, 0.1) is 13.8 Å². The first-order valence-corrected chi connectivity index (χ1v) is 8.23. The smallest absolute Gasteiger partial charge is 0.255 e. The number of carbonyl (C=O) groups excluding carboxylic acids is 1. The van der Waals surface area contributed by atoms with Gasteiger partial charge in [0.05, 0.1) is 24.4 Å². The van der Waals surface area contributed by atoms with Crippen molar-refractivity contribution in [2.75, 3.05) is 19.0 Å². The molecular weight excluding hydrogens is 326 g/mol. The number of nitrogens with one attached hydrogen (secondary N) is 1. The minimum Gasteiger partial charge on any atom is -0.493 e. The summed E-state index contributed by atoms with van der Waals surface area (Å²) in [5.74, 6) is 0.910. The molecular formula is C19H22ClNO3. The molecule has 0 spiro atoms. The SMILES string of the molecule is CCCOc1ccc(C(=O)Nc2c(C)cc(C)cc2Cl)cc1OC. The molecule has 0 atom stereocenters. The zero-order valence-corrected chi connectivity index (χ0v) is 15.2. The van der Waals surface area contributed by atoms with Gasteiger partial charge in [0, 0.05) is 5.56 Å². The summed E-state index contributed by atoms with van der Waals surface area (Å²) in [6.45, 7) is 6.50. The third kappa shape index (κ3) is 4.20. The molecule has 0 aliphatic heterocycles. The zero-order chi connectivity index (χ0) is 17.7. The Labute approximate surface area is 147 Å². The van der Waals surface area contributed by atoms with Crippen LogP contribution in [0.5, 0.6) is 11.5 Å². The van der Waals surface area contributed by atoms with Crippen molar-refractivity contribution in [3.63, 3.8) is 0 Å². The van der Waals surface area contributed by atoms with Gasteiger partial charge in [-0.1, -0.05) is 24.6 Å². The van der Waals surface area contributed by atoms with Gasteiger partial charge in [0.25, 0.3) is 5.91 Å². The molecule has 0 saturated heterocycles. The molecule has 5 heteroatoms. The number of aryl methyl sites for hydroxylation is 2. The molecule has 4 nitrogen and oxygen atoms in total. The number of carbonyl (C=O) groups is 1. The molecule has 0 heterocycles. The van der Waals surface area contributed by atoms with Crippen molar-refractivity contribution in [1.82, 2.24) is 0 Å². The Bertz CT molecular complexity index is 720. The molecule has 0 radical (unpaired) electrons. The van der Waals surface area contributed by atoms with Crippen LogP contribution in [0.4, 0.5) is 5.69 Å². The van der Waals surface area contributed by atoms with Crippen molar-refractivity contribution in [2.24, 2.45) is 0 Å². The summed E-state index contributed by atoms with van der Waals surface area (Å²) in [5, 5.41) is 3.39. The van der Waals surface area contributed by atoms with Crippen LogP contribution in [-0.2, 0) is 0 Å². The zero-order valence-electron chi connectivity index (χ0n) is 14.4. The van der Waals surface area contributed by atoms with Crippen LogP contribution in [0.2, 0.25) is 5.02 Å². The maximum Gasteiger partial charge on any atom is 0.255 e. The second kappa shape index (κ2) is 8.06. The van der Waals surface area contributed by atoms with Gasteiger partial charge in [-0.2, -0.15) is 0 Å². The van der Waals surface area contributed by atoms with E-state index in [1.807, 2.05) is 32.9 Å². The molecule has 0 bridgehead atoms. The predicted octanol–water partition coefficient (Wildman–Crippen LogP) is 5.01. The third-order valence-corrected chi connectivity index (χ3v) is 3.86. The van der Waals surface area contributed by atoms with E-state index in [0.717, 1.165) is 17.5 Å². The molecule has 128 valence electrons. The molecule has 0 aliphatic carbocycles. The van der Waals surface area contributed by atoms with Crippen LogP contribution in [-0.4, -0.2) is 19.6 Å². The summed E-state index contributed by atoms with van der Waals surface area (Å²) in [6.07, 6.45) is 0.899. The van der Waals surface area contributed by atoms with Crippen molar-refractivity contribution in [3.05, 3.63) is 52.0 Å². The highest BCUT2D eigenvalue weighted by molar-refractivity contribution is 6.34. The average Bonchev–Trinajstić information content (AvgIpc) is 2.55. The van der Waals surface area contributed by atoms with E-state index in [1.54, 1.807) is 25.3 Å². The molecule has 2 aromatic rings. The van der Waals surface area contributed by atoms with E-state index in [0.29, 0.717) is 34.4 Å². The van der Waals surface area contributed by atoms with Gasteiger partial charge in [0.15, 0.2) is 11.5 Å². The number of rotatable bonds is 6. The number of anilines is 1. The molecule has 0 aliphatic rings. The van der Waals surface area contributed by atoms with Crippen molar-refractivity contribution in [3.8, 4) is 11.5 Å². The van der Waals surface area contributed by atoms with Crippen LogP contribution in [0.1, 0.15) is 34.8 Å². The van der Waals surface area contributed by atoms with Gasteiger partial charge in [-0.3, -0.25) is 4.79 Å². The molecule has 24 heavy (non-hydrogen) atoms. The number of hydrogen-bond donors (Lipinski definition) is 1. The first-order valence-electron chi connectivity index (χ1n) is 7.85. The lowest BCUT2D eigenvalue weighted by Gasteiger charge is -2.14. The summed E-state index contributed by atoms with van der Waals surface area (Å²) in [7, 11) is 1.55. The Morgan fingerprint density at radius 2 is 1.92 bits per heavy atom. The summed E-state index contributed by atoms with van der Waals surface area (Å²) in [5.41, 5.74) is 3.07. The number of benzene rings is 2. The van der Waals surface area contributed by atoms with E-state index in [9.17, 15) is 4.79 Å². The minimum absolute atomic E-state index is 0.246. The molecule has 0 fully saturated rings. The van der Waals surface area contributed by atoms with Gasteiger partial charge in [-0.25, -0.2) is 0 Å². The van der Waals surface area contributed by atoms with Crippen LogP contribution in [0.3, 0.4) is 0 Å². The number of hydrogen-bond acceptors (Lipinski definition) is 3. The fourth-order valence-electron chi connectivity index (χ4n) is 2.40. The summed E-state index contributed by atoms with van der Waals surface area (Å²) < 4.78 is 10.9. The lowest BCUT2D eigenvalue weighted by Crippen LogP contribution is -2.13. The lowest BCUT2D eigenvalue weighted by molar-refractivity contribution is 0.102. The van der Waals surface area contributed by atoms with Gasteiger partial charge in [-0.05, 0) is 55.7 Å². The molecule has 1 amide bonds. The first-order chi connectivity index (χ1) is 11.5. The van der Waals surface area contributed by atoms with Crippen LogP contribution >= 0.6 is 11.6 Å². The largest absolute Gasteiger partial charge is 0.493 e. The second-order valence-electron chi connectivity index (χ2n) is 5.61. The van der Waals surface area contributed by atoms with Gasteiger partial charge >= 0.3 is 0 Å². The lowest BCUT2D eigenvalue weighted by atomic mass is 10.1. The molecule has 0 unspecified atom stereocenters. The average molecular weight is 348 g/mol. The third-order valence-electron chi connectivity index (χ3n) is 3.56. The highest BCUT2D eigenvalue weighted by Gasteiger charge is 2.14. The number of halogens is 1. The van der Waals surface area contributed by atoms with Gasteiger partial charge in [-0.15, -0.1) is 0 Å². The fraction of sp³-hybridized carbons (Fsp3) is 0.316. The topological polar surface area (TPSA) is 47.6 Å². The van der Waals surface area contributed by atoms with Crippen molar-refractivity contribution >= 4 is 23.2 Å². The summed E-state index contributed by atoms with van der Waals surface area (Å²) >= 11 is 6.25. The monoisotopic (exact) mass is 347 g/mol. The van der Waals surface area contributed by atoms with E-state index in [1.165, 1.54) is 0 Å². The highest BCUT2D eigenvalue weighted by Crippen LogP contribution is 2.30. The maximum atomic E-state index is 12.5. The van der Waals surface area contributed by atoms with Crippen molar-refractivity contribution in [1.29, 1.82) is 0 Å². The van der Waals surface area contributed by atoms with Gasteiger partial charge in [0.2, 0.25) is 0 Å². The quantitative estimate of drug-likeness (QED) is 0.799. The Morgan fingerprint density at radius 3 is 2.54 bits per heavy atom. The number of amides is 1. The van der Waals surface area contributed by atoms with Crippen LogP contribution in [0.15, 0.2) is 30.3 Å². The van der Waals surface area contributed by atoms with E-state index in [4.69, 9.17) is 21.1 Å². The van der Waals surface area contributed by atoms with E-state index in [2.05, 4.69) is 5.32 Å². The summed E-state index contributed by atoms with van der Waals surface area (Å²) in [6, 6.07) is 8.92. The van der Waals surface area contributed by atoms with Gasteiger partial charge in [0.1, 0.15) is 0 Å². The molecule has 2 rings (SSSR count). The Morgan fingerprint density at radius 1 is 1.17 bits per heavy atom. The fourth-order valence-corrected chi connectivity index (χ4v) is 2.77. The molecule has 1 N–H and O–H groups in total. The van der Waals surface area contributed by atoms with Crippen molar-refractivity contribution in [2.45, 2.75) is 27.2 Å².